The molecule has 0 fully saturated rings. The zero-order valence-corrected chi connectivity index (χ0v) is 18.1. The molecule has 0 saturated heterocycles. The van der Waals surface area contributed by atoms with E-state index < -0.39 is 0 Å². The Kier molecular flexibility index (Phi) is 6.08. The van der Waals surface area contributed by atoms with E-state index in [0.29, 0.717) is 36.3 Å². The molecule has 0 unspecified atom stereocenters. The molecule has 1 amide bonds. The van der Waals surface area contributed by atoms with Crippen molar-refractivity contribution in [3.63, 3.8) is 0 Å². The number of carbonyl (C=O) groups excluding carboxylic acids is 1. The van der Waals surface area contributed by atoms with Gasteiger partial charge in [0.1, 0.15) is 17.3 Å². The Balaban J connectivity index is 1.43. The lowest BCUT2D eigenvalue weighted by molar-refractivity contribution is 0.0953. The van der Waals surface area contributed by atoms with Gasteiger partial charge in [0.25, 0.3) is 5.91 Å². The molecule has 158 valence electrons. The van der Waals surface area contributed by atoms with Gasteiger partial charge < -0.3 is 20.8 Å². The minimum Gasteiger partial charge on any atom is -0.508 e. The second-order valence-electron chi connectivity index (χ2n) is 6.99. The Hall–Kier alpha value is -3.52. The Morgan fingerprint density at radius 1 is 1.03 bits per heavy atom. The van der Waals surface area contributed by atoms with Crippen molar-refractivity contribution in [1.29, 1.82) is 0 Å². The van der Waals surface area contributed by atoms with E-state index in [2.05, 4.69) is 31.5 Å². The van der Waals surface area contributed by atoms with Crippen molar-refractivity contribution in [1.82, 2.24) is 14.7 Å². The van der Waals surface area contributed by atoms with Crippen LogP contribution in [0, 0.1) is 0 Å². The summed E-state index contributed by atoms with van der Waals surface area (Å²) in [7, 11) is 0. The van der Waals surface area contributed by atoms with Gasteiger partial charge in [-0.3, -0.25) is 9.20 Å². The maximum absolute atomic E-state index is 12.2. The molecular formula is C23H21BrN4O3. The summed E-state index contributed by atoms with van der Waals surface area (Å²) in [6, 6.07) is 17.2. The number of fused-ring (bicyclic) bond motifs is 1. The topological polar surface area (TPSA) is 98.9 Å². The summed E-state index contributed by atoms with van der Waals surface area (Å²) in [5.41, 5.74) is 2.47. The minimum atomic E-state index is -0.224. The first-order valence-corrected chi connectivity index (χ1v) is 10.6. The van der Waals surface area contributed by atoms with E-state index in [9.17, 15) is 15.0 Å². The molecule has 2 heterocycles. The van der Waals surface area contributed by atoms with Gasteiger partial charge in [0.2, 0.25) is 0 Å². The average Bonchev–Trinajstić information content (AvgIpc) is 3.14. The number of hydrogen-bond acceptors (Lipinski definition) is 5. The lowest BCUT2D eigenvalue weighted by atomic mass is 10.1. The van der Waals surface area contributed by atoms with Gasteiger partial charge in [-0.1, -0.05) is 18.2 Å². The minimum absolute atomic E-state index is 0.0640. The molecule has 4 aromatic rings. The molecule has 0 aliphatic rings. The third kappa shape index (κ3) is 4.64. The number of aromatic nitrogens is 2. The molecule has 31 heavy (non-hydrogen) atoms. The van der Waals surface area contributed by atoms with Gasteiger partial charge in [0.15, 0.2) is 5.65 Å². The number of phenols is 2. The maximum atomic E-state index is 12.2. The molecule has 0 saturated carbocycles. The average molecular weight is 481 g/mol. The van der Waals surface area contributed by atoms with Crippen LogP contribution in [0.4, 0.5) is 5.82 Å². The highest BCUT2D eigenvalue weighted by atomic mass is 79.9. The van der Waals surface area contributed by atoms with E-state index in [1.807, 2.05) is 34.9 Å². The Bertz CT molecular complexity index is 1240. The van der Waals surface area contributed by atoms with Crippen molar-refractivity contribution in [2.24, 2.45) is 0 Å². The molecule has 2 aromatic carbocycles. The number of halogens is 1. The number of rotatable bonds is 7. The summed E-state index contributed by atoms with van der Waals surface area (Å²) in [6.07, 6.45) is 2.61. The van der Waals surface area contributed by atoms with Crippen LogP contribution in [-0.4, -0.2) is 38.6 Å². The van der Waals surface area contributed by atoms with E-state index in [4.69, 9.17) is 0 Å². The smallest absolute Gasteiger partial charge is 0.251 e. The molecule has 4 N–H and O–H groups in total. The van der Waals surface area contributed by atoms with Crippen LogP contribution in [0.5, 0.6) is 11.5 Å². The molecule has 0 spiro atoms. The largest absolute Gasteiger partial charge is 0.508 e. The fourth-order valence-electron chi connectivity index (χ4n) is 3.27. The molecule has 0 atom stereocenters. The Labute approximate surface area is 187 Å². The summed E-state index contributed by atoms with van der Waals surface area (Å²) in [6.45, 7) is 1.10. The van der Waals surface area contributed by atoms with E-state index in [1.54, 1.807) is 24.3 Å². The fraction of sp³-hybridized carbons (Fsp3) is 0.130. The second kappa shape index (κ2) is 9.09. The summed E-state index contributed by atoms with van der Waals surface area (Å²) >= 11 is 3.52. The molecule has 0 aliphatic heterocycles. The predicted molar refractivity (Wildman–Crippen MR) is 124 cm³/mol. The highest BCUT2D eigenvalue weighted by Crippen LogP contribution is 2.31. The summed E-state index contributed by atoms with van der Waals surface area (Å²) in [4.78, 5) is 16.8. The first-order valence-electron chi connectivity index (χ1n) is 9.80. The highest BCUT2D eigenvalue weighted by Gasteiger charge is 2.12. The van der Waals surface area contributed by atoms with Gasteiger partial charge in [0.05, 0.1) is 10.2 Å². The Morgan fingerprint density at radius 2 is 1.87 bits per heavy atom. The first kappa shape index (κ1) is 20.7. The highest BCUT2D eigenvalue weighted by molar-refractivity contribution is 9.10. The number of aromatic hydroxyl groups is 2. The Morgan fingerprint density at radius 3 is 2.68 bits per heavy atom. The van der Waals surface area contributed by atoms with Crippen molar-refractivity contribution >= 4 is 33.3 Å². The van der Waals surface area contributed by atoms with Crippen LogP contribution in [0.2, 0.25) is 0 Å². The summed E-state index contributed by atoms with van der Waals surface area (Å²) < 4.78 is 2.78. The van der Waals surface area contributed by atoms with E-state index in [-0.39, 0.29) is 17.4 Å². The molecular weight excluding hydrogens is 460 g/mol. The fourth-order valence-corrected chi connectivity index (χ4v) is 3.67. The monoisotopic (exact) mass is 480 g/mol. The van der Waals surface area contributed by atoms with Crippen LogP contribution < -0.4 is 10.6 Å². The van der Waals surface area contributed by atoms with Crippen LogP contribution in [0.25, 0.3) is 16.9 Å². The van der Waals surface area contributed by atoms with Gasteiger partial charge in [-0.25, -0.2) is 4.98 Å². The number of benzene rings is 2. The van der Waals surface area contributed by atoms with Crippen molar-refractivity contribution in [2.75, 3.05) is 18.4 Å². The van der Waals surface area contributed by atoms with Gasteiger partial charge in [-0.15, -0.1) is 0 Å². The van der Waals surface area contributed by atoms with Crippen LogP contribution in [0.15, 0.2) is 71.3 Å². The van der Waals surface area contributed by atoms with Gasteiger partial charge in [-0.2, -0.15) is 0 Å². The molecule has 8 heteroatoms. The third-order valence-corrected chi connectivity index (χ3v) is 5.42. The van der Waals surface area contributed by atoms with Crippen LogP contribution in [0.1, 0.15) is 16.8 Å². The zero-order valence-electron chi connectivity index (χ0n) is 16.5. The number of anilines is 1. The van der Waals surface area contributed by atoms with Crippen molar-refractivity contribution in [3.05, 3.63) is 76.9 Å². The summed E-state index contributed by atoms with van der Waals surface area (Å²) in [5.74, 6) is 0.837. The van der Waals surface area contributed by atoms with Gasteiger partial charge in [-0.05, 0) is 58.7 Å². The van der Waals surface area contributed by atoms with Crippen molar-refractivity contribution in [2.45, 2.75) is 6.42 Å². The molecule has 0 aliphatic carbocycles. The molecule has 7 nitrogen and oxygen atoms in total. The van der Waals surface area contributed by atoms with Crippen LogP contribution in [0.3, 0.4) is 0 Å². The SMILES string of the molecule is O=C(NCCCNc1cc(-c2ccccc2O)nc2c(Br)ccn12)c1cccc(O)c1. The number of para-hydroxylation sites is 1. The number of nitrogens with zero attached hydrogens (tertiary/aromatic N) is 2. The number of hydrogen-bond donors (Lipinski definition) is 4. The zero-order chi connectivity index (χ0) is 21.8. The predicted octanol–water partition coefficient (Wildman–Crippen LogP) is 4.41. The standard InChI is InChI=1S/C23H21BrN4O3/c24-18-9-12-28-21(14-19(27-22(18)28)17-7-1-2-8-20(17)30)25-10-4-11-26-23(31)15-5-3-6-16(29)13-15/h1-3,5-9,12-14,25,29-30H,4,10-11H2,(H,26,31). The van der Waals surface area contributed by atoms with Crippen molar-refractivity contribution < 1.29 is 15.0 Å². The molecule has 4 rings (SSSR count). The second-order valence-corrected chi connectivity index (χ2v) is 7.84. The normalized spacial score (nSPS) is 10.9. The summed E-state index contributed by atoms with van der Waals surface area (Å²) in [5, 5.41) is 25.9. The van der Waals surface area contributed by atoms with Crippen LogP contribution >= 0.6 is 15.9 Å². The van der Waals surface area contributed by atoms with E-state index >= 15 is 0 Å². The van der Waals surface area contributed by atoms with Crippen molar-refractivity contribution in [3.8, 4) is 22.8 Å². The first-order chi connectivity index (χ1) is 15.0. The lowest BCUT2D eigenvalue weighted by Gasteiger charge is -2.13. The molecule has 2 aromatic heterocycles. The molecule has 0 radical (unpaired) electrons. The number of phenolic OH excluding ortho intramolecular Hbond substituents is 2. The van der Waals surface area contributed by atoms with Gasteiger partial charge in [0, 0.05) is 36.5 Å². The third-order valence-electron chi connectivity index (χ3n) is 4.80. The quantitative estimate of drug-likeness (QED) is 0.293. The van der Waals surface area contributed by atoms with Gasteiger partial charge >= 0.3 is 0 Å². The lowest BCUT2D eigenvalue weighted by Crippen LogP contribution is -2.25. The van der Waals surface area contributed by atoms with Crippen LogP contribution in [-0.2, 0) is 0 Å². The van der Waals surface area contributed by atoms with E-state index in [0.717, 1.165) is 15.9 Å². The number of carbonyl (C=O) groups is 1. The molecule has 0 bridgehead atoms. The number of nitrogens with one attached hydrogen (secondary N) is 2. The van der Waals surface area contributed by atoms with E-state index in [1.165, 1.54) is 12.1 Å². The number of amides is 1. The maximum Gasteiger partial charge on any atom is 0.251 e.